The van der Waals surface area contributed by atoms with Crippen molar-refractivity contribution in [2.75, 3.05) is 6.54 Å². The number of amides is 1. The highest BCUT2D eigenvalue weighted by atomic mass is 19.4. The quantitative estimate of drug-likeness (QED) is 0.897. The molecule has 1 saturated carbocycles. The molecule has 1 amide bonds. The van der Waals surface area contributed by atoms with Gasteiger partial charge in [-0.2, -0.15) is 13.2 Å². The second kappa shape index (κ2) is 5.83. The van der Waals surface area contributed by atoms with Crippen molar-refractivity contribution >= 4 is 5.91 Å². The number of aliphatic hydroxyl groups is 1. The predicted molar refractivity (Wildman–Crippen MR) is 67.1 cm³/mol. The zero-order chi connectivity index (χ0) is 14.8. The highest BCUT2D eigenvalue weighted by Crippen LogP contribution is 2.29. The second-order valence-corrected chi connectivity index (χ2v) is 5.05. The highest BCUT2D eigenvalue weighted by molar-refractivity contribution is 5.94. The lowest BCUT2D eigenvalue weighted by atomic mass is 10.1. The molecule has 0 saturated heterocycles. The van der Waals surface area contributed by atoms with E-state index in [-0.39, 0.29) is 18.0 Å². The summed E-state index contributed by atoms with van der Waals surface area (Å²) < 4.78 is 37.6. The molecule has 0 heterocycles. The molecule has 0 spiro atoms. The average Bonchev–Trinajstić information content (AvgIpc) is 2.81. The van der Waals surface area contributed by atoms with Crippen LogP contribution in [0.25, 0.3) is 0 Å². The van der Waals surface area contributed by atoms with Gasteiger partial charge in [-0.25, -0.2) is 0 Å². The maximum absolute atomic E-state index is 12.5. The van der Waals surface area contributed by atoms with Gasteiger partial charge in [0, 0.05) is 18.0 Å². The van der Waals surface area contributed by atoms with Gasteiger partial charge in [0.15, 0.2) is 0 Å². The second-order valence-electron chi connectivity index (χ2n) is 5.05. The van der Waals surface area contributed by atoms with Crippen LogP contribution in [0.5, 0.6) is 0 Å². The van der Waals surface area contributed by atoms with E-state index in [0.717, 1.165) is 25.0 Å². The number of carbonyl (C=O) groups is 1. The summed E-state index contributed by atoms with van der Waals surface area (Å²) in [5.74, 6) is -0.556. The number of halogens is 3. The van der Waals surface area contributed by atoms with Crippen molar-refractivity contribution in [3.05, 3.63) is 35.4 Å². The fourth-order valence-electron chi connectivity index (χ4n) is 2.42. The third-order valence-electron chi connectivity index (χ3n) is 3.60. The van der Waals surface area contributed by atoms with Crippen LogP contribution >= 0.6 is 0 Å². The van der Waals surface area contributed by atoms with Gasteiger partial charge in [-0.1, -0.05) is 12.5 Å². The molecule has 1 aliphatic carbocycles. The van der Waals surface area contributed by atoms with Crippen LogP contribution in [0, 0.1) is 5.92 Å². The fraction of sp³-hybridized carbons (Fsp3) is 0.500. The SMILES string of the molecule is O=C(NCC1CCCC1O)c1cccc(C(F)(F)F)c1. The maximum atomic E-state index is 12.5. The fourth-order valence-corrected chi connectivity index (χ4v) is 2.42. The number of nitrogens with one attached hydrogen (secondary N) is 1. The Morgan fingerprint density at radius 2 is 2.10 bits per heavy atom. The van der Waals surface area contributed by atoms with Crippen LogP contribution in [0.15, 0.2) is 24.3 Å². The van der Waals surface area contributed by atoms with E-state index in [1.807, 2.05) is 0 Å². The number of hydrogen-bond donors (Lipinski definition) is 2. The Morgan fingerprint density at radius 1 is 1.35 bits per heavy atom. The van der Waals surface area contributed by atoms with Crippen LogP contribution in [0.2, 0.25) is 0 Å². The van der Waals surface area contributed by atoms with Crippen LogP contribution in [0.1, 0.15) is 35.2 Å². The van der Waals surface area contributed by atoms with E-state index in [9.17, 15) is 23.1 Å². The summed E-state index contributed by atoms with van der Waals surface area (Å²) in [5, 5.41) is 12.2. The molecule has 20 heavy (non-hydrogen) atoms. The zero-order valence-corrected chi connectivity index (χ0v) is 10.8. The average molecular weight is 287 g/mol. The van der Waals surface area contributed by atoms with E-state index in [4.69, 9.17) is 0 Å². The third kappa shape index (κ3) is 3.50. The Morgan fingerprint density at radius 3 is 2.70 bits per heavy atom. The van der Waals surface area contributed by atoms with E-state index >= 15 is 0 Å². The van der Waals surface area contributed by atoms with Gasteiger partial charge in [0.25, 0.3) is 5.91 Å². The van der Waals surface area contributed by atoms with Crippen LogP contribution < -0.4 is 5.32 Å². The van der Waals surface area contributed by atoms with Gasteiger partial charge in [-0.3, -0.25) is 4.79 Å². The summed E-state index contributed by atoms with van der Waals surface area (Å²) in [6, 6.07) is 4.32. The van der Waals surface area contributed by atoms with Crippen molar-refractivity contribution in [3.63, 3.8) is 0 Å². The number of aliphatic hydroxyl groups excluding tert-OH is 1. The van der Waals surface area contributed by atoms with Crippen LogP contribution in [-0.2, 0) is 6.18 Å². The monoisotopic (exact) mass is 287 g/mol. The lowest BCUT2D eigenvalue weighted by Gasteiger charge is -2.15. The van der Waals surface area contributed by atoms with Crippen molar-refractivity contribution < 1.29 is 23.1 Å². The molecule has 6 heteroatoms. The van der Waals surface area contributed by atoms with Gasteiger partial charge >= 0.3 is 6.18 Å². The van der Waals surface area contributed by atoms with Gasteiger partial charge in [-0.15, -0.1) is 0 Å². The Bertz CT molecular complexity index is 488. The van der Waals surface area contributed by atoms with E-state index < -0.39 is 23.8 Å². The van der Waals surface area contributed by atoms with Gasteiger partial charge in [0.1, 0.15) is 0 Å². The molecule has 1 aliphatic rings. The van der Waals surface area contributed by atoms with Crippen molar-refractivity contribution in [2.45, 2.75) is 31.5 Å². The number of carbonyl (C=O) groups excluding carboxylic acids is 1. The zero-order valence-electron chi connectivity index (χ0n) is 10.8. The van der Waals surface area contributed by atoms with Crippen molar-refractivity contribution in [1.82, 2.24) is 5.32 Å². The van der Waals surface area contributed by atoms with Gasteiger partial charge in [0.2, 0.25) is 0 Å². The first-order chi connectivity index (χ1) is 9.38. The van der Waals surface area contributed by atoms with Gasteiger partial charge < -0.3 is 10.4 Å². The summed E-state index contributed by atoms with van der Waals surface area (Å²) in [6.07, 6.45) is -2.45. The van der Waals surface area contributed by atoms with Gasteiger partial charge in [-0.05, 0) is 31.0 Å². The molecule has 2 atom stereocenters. The molecule has 0 aliphatic heterocycles. The molecule has 1 fully saturated rings. The standard InChI is InChI=1S/C14H16F3NO2/c15-14(16,17)11-5-1-3-9(7-11)13(20)18-8-10-4-2-6-12(10)19/h1,3,5,7,10,12,19H,2,4,6,8H2,(H,18,20). The third-order valence-corrected chi connectivity index (χ3v) is 3.60. The predicted octanol–water partition coefficient (Wildman–Crippen LogP) is 2.60. The number of rotatable bonds is 3. The largest absolute Gasteiger partial charge is 0.416 e. The molecule has 0 aromatic heterocycles. The molecular formula is C14H16F3NO2. The molecule has 2 N–H and O–H groups in total. The Hall–Kier alpha value is -1.56. The van der Waals surface area contributed by atoms with E-state index in [1.165, 1.54) is 12.1 Å². The van der Waals surface area contributed by atoms with Crippen molar-refractivity contribution in [3.8, 4) is 0 Å². The van der Waals surface area contributed by atoms with E-state index in [1.54, 1.807) is 0 Å². The van der Waals surface area contributed by atoms with Crippen LogP contribution in [0.3, 0.4) is 0 Å². The Labute approximate surface area is 114 Å². The molecule has 2 rings (SSSR count). The molecule has 0 bridgehead atoms. The molecule has 2 unspecified atom stereocenters. The van der Waals surface area contributed by atoms with Crippen LogP contribution in [0.4, 0.5) is 13.2 Å². The molecule has 0 radical (unpaired) electrons. The Kier molecular flexibility index (Phi) is 4.32. The first-order valence-corrected chi connectivity index (χ1v) is 6.51. The highest BCUT2D eigenvalue weighted by Gasteiger charge is 2.31. The summed E-state index contributed by atoms with van der Waals surface area (Å²) in [7, 11) is 0. The smallest absolute Gasteiger partial charge is 0.393 e. The minimum atomic E-state index is -4.46. The lowest BCUT2D eigenvalue weighted by molar-refractivity contribution is -0.137. The molecule has 110 valence electrons. The topological polar surface area (TPSA) is 49.3 Å². The number of benzene rings is 1. The molecule has 3 nitrogen and oxygen atoms in total. The van der Waals surface area contributed by atoms with E-state index in [2.05, 4.69) is 5.32 Å². The summed E-state index contributed by atoms with van der Waals surface area (Å²) in [5.41, 5.74) is -0.863. The lowest BCUT2D eigenvalue weighted by Crippen LogP contribution is -2.32. The first-order valence-electron chi connectivity index (χ1n) is 6.51. The summed E-state index contributed by atoms with van der Waals surface area (Å²) >= 11 is 0. The normalized spacial score (nSPS) is 22.8. The summed E-state index contributed by atoms with van der Waals surface area (Å²) in [4.78, 5) is 11.8. The van der Waals surface area contributed by atoms with Gasteiger partial charge in [0.05, 0.1) is 11.7 Å². The van der Waals surface area contributed by atoms with E-state index in [0.29, 0.717) is 6.42 Å². The maximum Gasteiger partial charge on any atom is 0.416 e. The number of hydrogen-bond acceptors (Lipinski definition) is 2. The molecule has 1 aromatic rings. The van der Waals surface area contributed by atoms with Crippen LogP contribution in [-0.4, -0.2) is 23.7 Å². The molecular weight excluding hydrogens is 271 g/mol. The number of alkyl halides is 3. The van der Waals surface area contributed by atoms with Crippen molar-refractivity contribution in [1.29, 1.82) is 0 Å². The minimum Gasteiger partial charge on any atom is -0.393 e. The minimum absolute atomic E-state index is 0.00949. The Balaban J connectivity index is 1.99. The first kappa shape index (κ1) is 14.8. The molecule has 1 aromatic carbocycles. The van der Waals surface area contributed by atoms with Crippen molar-refractivity contribution in [2.24, 2.45) is 5.92 Å². The summed E-state index contributed by atoms with van der Waals surface area (Å²) in [6.45, 7) is 0.288.